The van der Waals surface area contributed by atoms with Gasteiger partial charge in [-0.2, -0.15) is 9.78 Å². The van der Waals surface area contributed by atoms with Crippen molar-refractivity contribution in [2.45, 2.75) is 32.9 Å². The zero-order chi connectivity index (χ0) is 25.6. The molecule has 12 heteroatoms. The van der Waals surface area contributed by atoms with Gasteiger partial charge >= 0.3 is 0 Å². The lowest BCUT2D eigenvalue weighted by atomic mass is 10.1. The molecule has 4 aromatic rings. The predicted molar refractivity (Wildman–Crippen MR) is 135 cm³/mol. The molecule has 3 heterocycles. The van der Waals surface area contributed by atoms with Crippen LogP contribution in [0.3, 0.4) is 0 Å². The van der Waals surface area contributed by atoms with Crippen molar-refractivity contribution in [3.05, 3.63) is 76.6 Å². The van der Waals surface area contributed by atoms with Gasteiger partial charge in [-0.25, -0.2) is 10.1 Å². The Bertz CT molecular complexity index is 1390. The van der Waals surface area contributed by atoms with E-state index in [0.29, 0.717) is 18.8 Å². The Balaban J connectivity index is 1.25. The van der Waals surface area contributed by atoms with Crippen LogP contribution in [0, 0.1) is 6.92 Å². The van der Waals surface area contributed by atoms with E-state index in [4.69, 9.17) is 10.5 Å². The third kappa shape index (κ3) is 5.81. The maximum absolute atomic E-state index is 13.1. The molecule has 37 heavy (non-hydrogen) atoms. The summed E-state index contributed by atoms with van der Waals surface area (Å²) in [5.74, 6) is 0.328. The number of aromatic nitrogens is 5. The van der Waals surface area contributed by atoms with Gasteiger partial charge in [-0.05, 0) is 78.6 Å². The summed E-state index contributed by atoms with van der Waals surface area (Å²) in [6.07, 6.45) is 3.76. The number of nitrogens with two attached hydrogens (primary N) is 1. The van der Waals surface area contributed by atoms with Crippen molar-refractivity contribution < 1.29 is 14.2 Å². The van der Waals surface area contributed by atoms with E-state index in [1.807, 2.05) is 36.4 Å². The first-order valence-electron chi connectivity index (χ1n) is 11.9. The quantitative estimate of drug-likeness (QED) is 0.260. The van der Waals surface area contributed by atoms with Crippen LogP contribution in [-0.4, -0.2) is 55.4 Å². The number of benzene rings is 2. The molecule has 0 unspecified atom stereocenters. The molecule has 0 radical (unpaired) electrons. The van der Waals surface area contributed by atoms with Gasteiger partial charge < -0.3 is 10.5 Å². The molecule has 0 atom stereocenters. The van der Waals surface area contributed by atoms with Crippen LogP contribution in [0.4, 0.5) is 5.82 Å². The first-order valence-corrected chi connectivity index (χ1v) is 11.9. The van der Waals surface area contributed by atoms with Crippen molar-refractivity contribution in [1.82, 2.24) is 35.6 Å². The number of nitrogen functional groups attached to an aromatic ring is 1. The highest BCUT2D eigenvalue weighted by molar-refractivity contribution is 5.95. The number of anilines is 1. The van der Waals surface area contributed by atoms with E-state index in [2.05, 4.69) is 59.7 Å². The van der Waals surface area contributed by atoms with Gasteiger partial charge in [-0.15, -0.1) is 5.10 Å². The number of rotatable bonds is 9. The van der Waals surface area contributed by atoms with Crippen LogP contribution in [0.15, 0.2) is 58.3 Å². The molecule has 0 spiro atoms. The second kappa shape index (κ2) is 11.0. The Morgan fingerprint density at radius 2 is 2.00 bits per heavy atom. The largest absolute Gasteiger partial charge is 0.489 e. The fraction of sp³-hybridized carbons (Fsp3) is 0.280. The highest BCUT2D eigenvalue weighted by Crippen LogP contribution is 2.19. The van der Waals surface area contributed by atoms with E-state index in [1.54, 1.807) is 6.21 Å². The molecule has 3 N–H and O–H groups in total. The summed E-state index contributed by atoms with van der Waals surface area (Å²) in [6, 6.07) is 15.6. The fourth-order valence-electron chi connectivity index (χ4n) is 4.12. The van der Waals surface area contributed by atoms with E-state index in [-0.39, 0.29) is 17.3 Å². The zero-order valence-corrected chi connectivity index (χ0v) is 20.4. The minimum absolute atomic E-state index is 0.000110. The van der Waals surface area contributed by atoms with Gasteiger partial charge in [0.2, 0.25) is 11.6 Å². The van der Waals surface area contributed by atoms with Crippen LogP contribution in [-0.2, 0) is 13.2 Å². The Morgan fingerprint density at radius 3 is 2.73 bits per heavy atom. The number of nitrogens with one attached hydrogen (secondary N) is 1. The van der Waals surface area contributed by atoms with E-state index in [1.165, 1.54) is 10.2 Å². The lowest BCUT2D eigenvalue weighted by Gasteiger charge is -2.13. The van der Waals surface area contributed by atoms with Crippen LogP contribution in [0.1, 0.15) is 45.7 Å². The van der Waals surface area contributed by atoms with Gasteiger partial charge in [0.15, 0.2) is 5.69 Å². The number of ether oxygens (including phenoxy) is 1. The normalized spacial score (nSPS) is 13.9. The molecule has 1 amide bonds. The summed E-state index contributed by atoms with van der Waals surface area (Å²) in [6.45, 7) is 4.88. The van der Waals surface area contributed by atoms with Gasteiger partial charge in [0.1, 0.15) is 18.1 Å². The standard InChI is InChI=1S/C25H27N9O3/c1-17-5-4-6-19(13-17)16-36-20-9-7-18(8-10-20)14-27-29-25(35)22-21(15-33-11-2-3-12-33)28-32-34(22)24-23(26)30-37-31-24/h4-10,13-14H,2-3,11-12,15-16H2,1H3,(H2,26,30)(H,29,35)/b27-14-. The summed E-state index contributed by atoms with van der Waals surface area (Å²) in [5, 5.41) is 19.7. The molecule has 2 aromatic carbocycles. The third-order valence-electron chi connectivity index (χ3n) is 5.97. The number of likely N-dealkylation sites (tertiary alicyclic amines) is 1. The number of hydrogen-bond donors (Lipinski definition) is 2. The Morgan fingerprint density at radius 1 is 1.19 bits per heavy atom. The van der Waals surface area contributed by atoms with Crippen molar-refractivity contribution in [3.63, 3.8) is 0 Å². The Kier molecular flexibility index (Phi) is 7.17. The second-order valence-electron chi connectivity index (χ2n) is 8.80. The summed E-state index contributed by atoms with van der Waals surface area (Å²) in [5.41, 5.74) is 12.1. The van der Waals surface area contributed by atoms with Gasteiger partial charge in [0.25, 0.3) is 5.91 Å². The van der Waals surface area contributed by atoms with Crippen molar-refractivity contribution in [1.29, 1.82) is 0 Å². The third-order valence-corrected chi connectivity index (χ3v) is 5.97. The predicted octanol–water partition coefficient (Wildman–Crippen LogP) is 2.48. The molecule has 0 saturated carbocycles. The van der Waals surface area contributed by atoms with Crippen molar-refractivity contribution in [2.75, 3.05) is 18.8 Å². The highest BCUT2D eigenvalue weighted by atomic mass is 16.6. The van der Waals surface area contributed by atoms with Crippen LogP contribution in [0.2, 0.25) is 0 Å². The van der Waals surface area contributed by atoms with Crippen molar-refractivity contribution in [3.8, 4) is 11.6 Å². The first kappa shape index (κ1) is 24.1. The summed E-state index contributed by atoms with van der Waals surface area (Å²) in [4.78, 5) is 15.3. The van der Waals surface area contributed by atoms with Crippen LogP contribution >= 0.6 is 0 Å². The molecular formula is C25H27N9O3. The molecule has 0 aliphatic carbocycles. The molecule has 1 saturated heterocycles. The van der Waals surface area contributed by atoms with Gasteiger partial charge in [0.05, 0.1) is 6.21 Å². The molecular weight excluding hydrogens is 474 g/mol. The fourth-order valence-corrected chi connectivity index (χ4v) is 4.12. The Hall–Kier alpha value is -4.58. The molecule has 0 bridgehead atoms. The number of carbonyl (C=O) groups is 1. The minimum atomic E-state index is -0.504. The SMILES string of the molecule is Cc1cccc(COc2ccc(/C=N\NC(=O)c3c(CN4CCCC4)nnn3-c3nonc3N)cc2)c1. The summed E-state index contributed by atoms with van der Waals surface area (Å²) < 4.78 is 11.8. The summed E-state index contributed by atoms with van der Waals surface area (Å²) >= 11 is 0. The van der Waals surface area contributed by atoms with E-state index < -0.39 is 5.91 Å². The number of carbonyl (C=O) groups excluding carboxylic acids is 1. The maximum Gasteiger partial charge on any atom is 0.292 e. The van der Waals surface area contributed by atoms with E-state index in [0.717, 1.165) is 42.8 Å². The number of hydrogen-bond acceptors (Lipinski definition) is 10. The average Bonchev–Trinajstić information content (AvgIpc) is 3.65. The van der Waals surface area contributed by atoms with Crippen LogP contribution < -0.4 is 15.9 Å². The highest BCUT2D eigenvalue weighted by Gasteiger charge is 2.26. The van der Waals surface area contributed by atoms with Gasteiger partial charge in [-0.1, -0.05) is 35.0 Å². The van der Waals surface area contributed by atoms with Crippen molar-refractivity contribution >= 4 is 17.9 Å². The monoisotopic (exact) mass is 501 g/mol. The Labute approximate surface area is 213 Å². The lowest BCUT2D eigenvalue weighted by molar-refractivity contribution is 0.0945. The molecule has 190 valence electrons. The van der Waals surface area contributed by atoms with Gasteiger partial charge in [0, 0.05) is 6.54 Å². The summed E-state index contributed by atoms with van der Waals surface area (Å²) in [7, 11) is 0. The average molecular weight is 502 g/mol. The molecule has 12 nitrogen and oxygen atoms in total. The zero-order valence-electron chi connectivity index (χ0n) is 20.4. The minimum Gasteiger partial charge on any atom is -0.489 e. The van der Waals surface area contributed by atoms with E-state index >= 15 is 0 Å². The molecule has 1 fully saturated rings. The maximum atomic E-state index is 13.1. The number of amides is 1. The second-order valence-corrected chi connectivity index (χ2v) is 8.80. The first-order chi connectivity index (χ1) is 18.1. The topological polar surface area (TPSA) is 150 Å². The van der Waals surface area contributed by atoms with Gasteiger partial charge in [-0.3, -0.25) is 9.69 Å². The number of nitrogens with zero attached hydrogens (tertiary/aromatic N) is 7. The lowest BCUT2D eigenvalue weighted by Crippen LogP contribution is -2.26. The molecule has 2 aromatic heterocycles. The van der Waals surface area contributed by atoms with E-state index in [9.17, 15) is 4.79 Å². The molecule has 1 aliphatic heterocycles. The number of hydrazone groups is 1. The molecule has 1 aliphatic rings. The van der Waals surface area contributed by atoms with Crippen LogP contribution in [0.5, 0.6) is 5.75 Å². The molecule has 5 rings (SSSR count). The number of aryl methyl sites for hydroxylation is 1. The smallest absolute Gasteiger partial charge is 0.292 e. The van der Waals surface area contributed by atoms with Crippen molar-refractivity contribution in [2.24, 2.45) is 5.10 Å². The van der Waals surface area contributed by atoms with Crippen LogP contribution in [0.25, 0.3) is 5.82 Å².